The number of methoxy groups -OCH3 is 1. The first-order chi connectivity index (χ1) is 11.6. The lowest BCUT2D eigenvalue weighted by atomic mass is 9.95. The number of carbonyl (C=O) groups excluding carboxylic acids is 1. The number of imidazole rings is 1. The normalized spacial score (nSPS) is 15.2. The second-order valence-corrected chi connectivity index (χ2v) is 6.31. The van der Waals surface area contributed by atoms with Crippen molar-refractivity contribution in [1.29, 1.82) is 0 Å². The summed E-state index contributed by atoms with van der Waals surface area (Å²) in [5, 5.41) is 0. The SMILES string of the molecule is COc1ccc(-c2cn(C(=O)N(C)C3CCCCC3)cn2)cc1N. The number of hydrogen-bond donors (Lipinski definition) is 1. The Morgan fingerprint density at radius 3 is 2.75 bits per heavy atom. The number of nitrogens with zero attached hydrogens (tertiary/aromatic N) is 3. The molecule has 0 atom stereocenters. The van der Waals surface area contributed by atoms with Crippen molar-refractivity contribution in [2.45, 2.75) is 38.1 Å². The minimum Gasteiger partial charge on any atom is -0.495 e. The van der Waals surface area contributed by atoms with Crippen molar-refractivity contribution in [3.63, 3.8) is 0 Å². The Kier molecular flexibility index (Phi) is 4.74. The van der Waals surface area contributed by atoms with Gasteiger partial charge in [0.05, 0.1) is 18.5 Å². The van der Waals surface area contributed by atoms with E-state index in [1.807, 2.05) is 18.0 Å². The van der Waals surface area contributed by atoms with Crippen molar-refractivity contribution in [2.75, 3.05) is 19.9 Å². The summed E-state index contributed by atoms with van der Waals surface area (Å²) in [5.74, 6) is 0.631. The molecular formula is C18H24N4O2. The fraction of sp³-hybridized carbons (Fsp3) is 0.444. The second kappa shape index (κ2) is 6.95. The summed E-state index contributed by atoms with van der Waals surface area (Å²) < 4.78 is 6.71. The number of benzene rings is 1. The van der Waals surface area contributed by atoms with Crippen LogP contribution in [-0.4, -0.2) is 40.7 Å². The first kappa shape index (κ1) is 16.4. The molecule has 0 unspecified atom stereocenters. The summed E-state index contributed by atoms with van der Waals surface area (Å²) in [5.41, 5.74) is 8.08. The molecule has 1 fully saturated rings. The fourth-order valence-electron chi connectivity index (χ4n) is 3.28. The molecule has 0 aliphatic heterocycles. The Hall–Kier alpha value is -2.50. The van der Waals surface area contributed by atoms with E-state index in [0.717, 1.165) is 24.1 Å². The van der Waals surface area contributed by atoms with Gasteiger partial charge >= 0.3 is 6.03 Å². The number of carbonyl (C=O) groups is 1. The maximum Gasteiger partial charge on any atom is 0.329 e. The lowest BCUT2D eigenvalue weighted by molar-refractivity contribution is 0.175. The molecular weight excluding hydrogens is 304 g/mol. The maximum atomic E-state index is 12.7. The van der Waals surface area contributed by atoms with Crippen molar-refractivity contribution >= 4 is 11.7 Å². The van der Waals surface area contributed by atoms with Crippen LogP contribution >= 0.6 is 0 Å². The second-order valence-electron chi connectivity index (χ2n) is 6.31. The first-order valence-electron chi connectivity index (χ1n) is 8.35. The molecule has 0 radical (unpaired) electrons. The van der Waals surface area contributed by atoms with E-state index >= 15 is 0 Å². The van der Waals surface area contributed by atoms with Gasteiger partial charge in [-0.3, -0.25) is 4.57 Å². The molecule has 2 aromatic rings. The third-order valence-electron chi connectivity index (χ3n) is 4.75. The smallest absolute Gasteiger partial charge is 0.329 e. The van der Waals surface area contributed by atoms with Crippen molar-refractivity contribution in [3.05, 3.63) is 30.7 Å². The number of nitrogens with two attached hydrogens (primary N) is 1. The minimum atomic E-state index is -0.0397. The van der Waals surface area contributed by atoms with Crippen LogP contribution in [0.2, 0.25) is 0 Å². The molecule has 128 valence electrons. The van der Waals surface area contributed by atoms with Crippen LogP contribution in [-0.2, 0) is 0 Å². The number of anilines is 1. The highest BCUT2D eigenvalue weighted by molar-refractivity contribution is 5.78. The molecule has 1 aromatic carbocycles. The van der Waals surface area contributed by atoms with Gasteiger partial charge in [-0.1, -0.05) is 19.3 Å². The molecule has 1 saturated carbocycles. The molecule has 1 heterocycles. The van der Waals surface area contributed by atoms with E-state index in [1.165, 1.54) is 19.3 Å². The molecule has 6 nitrogen and oxygen atoms in total. The third kappa shape index (κ3) is 3.22. The summed E-state index contributed by atoms with van der Waals surface area (Å²) in [4.78, 5) is 18.9. The van der Waals surface area contributed by atoms with Crippen molar-refractivity contribution < 1.29 is 9.53 Å². The van der Waals surface area contributed by atoms with Gasteiger partial charge in [0.1, 0.15) is 12.1 Å². The number of nitrogen functional groups attached to an aromatic ring is 1. The van der Waals surface area contributed by atoms with Gasteiger partial charge in [-0.15, -0.1) is 0 Å². The van der Waals surface area contributed by atoms with E-state index in [-0.39, 0.29) is 6.03 Å². The predicted molar refractivity (Wildman–Crippen MR) is 94.1 cm³/mol. The van der Waals surface area contributed by atoms with Crippen LogP contribution in [0.1, 0.15) is 32.1 Å². The summed E-state index contributed by atoms with van der Waals surface area (Å²) >= 11 is 0. The highest BCUT2D eigenvalue weighted by atomic mass is 16.5. The van der Waals surface area contributed by atoms with E-state index in [0.29, 0.717) is 17.5 Å². The Balaban J connectivity index is 1.77. The Labute approximate surface area is 142 Å². The van der Waals surface area contributed by atoms with Crippen LogP contribution in [0, 0.1) is 0 Å². The molecule has 1 amide bonds. The number of hydrogen-bond acceptors (Lipinski definition) is 4. The van der Waals surface area contributed by atoms with Gasteiger partial charge in [0, 0.05) is 24.8 Å². The van der Waals surface area contributed by atoms with Gasteiger partial charge in [0.25, 0.3) is 0 Å². The zero-order valence-electron chi connectivity index (χ0n) is 14.2. The standard InChI is InChI=1S/C18H24N4O2/c1-21(14-6-4-3-5-7-14)18(23)22-11-16(20-12-22)13-8-9-17(24-2)15(19)10-13/h8-12,14H,3-7,19H2,1-2H3. The Bertz CT molecular complexity index is 720. The van der Waals surface area contributed by atoms with Crippen LogP contribution in [0.25, 0.3) is 11.3 Å². The third-order valence-corrected chi connectivity index (χ3v) is 4.75. The van der Waals surface area contributed by atoms with Crippen molar-refractivity contribution in [3.8, 4) is 17.0 Å². The highest BCUT2D eigenvalue weighted by Gasteiger charge is 2.23. The zero-order chi connectivity index (χ0) is 17.1. The Morgan fingerprint density at radius 2 is 2.08 bits per heavy atom. The molecule has 3 rings (SSSR count). The lowest BCUT2D eigenvalue weighted by Gasteiger charge is -2.31. The van der Waals surface area contributed by atoms with E-state index in [1.54, 1.807) is 36.3 Å². The van der Waals surface area contributed by atoms with Gasteiger partial charge in [0.2, 0.25) is 0 Å². The summed E-state index contributed by atoms with van der Waals surface area (Å²) in [6, 6.07) is 5.79. The average molecular weight is 328 g/mol. The molecule has 0 saturated heterocycles. The first-order valence-corrected chi connectivity index (χ1v) is 8.35. The quantitative estimate of drug-likeness (QED) is 0.877. The molecule has 0 spiro atoms. The molecule has 6 heteroatoms. The van der Waals surface area contributed by atoms with Crippen LogP contribution in [0.3, 0.4) is 0 Å². The lowest BCUT2D eigenvalue weighted by Crippen LogP contribution is -2.40. The van der Waals surface area contributed by atoms with E-state index < -0.39 is 0 Å². The van der Waals surface area contributed by atoms with Crippen LogP contribution in [0.5, 0.6) is 5.75 Å². The minimum absolute atomic E-state index is 0.0397. The van der Waals surface area contributed by atoms with E-state index in [9.17, 15) is 4.79 Å². The van der Waals surface area contributed by atoms with Gasteiger partial charge in [-0.05, 0) is 31.0 Å². The van der Waals surface area contributed by atoms with E-state index in [2.05, 4.69) is 4.98 Å². The monoisotopic (exact) mass is 328 g/mol. The predicted octanol–water partition coefficient (Wildman–Crippen LogP) is 3.37. The molecule has 0 bridgehead atoms. The topological polar surface area (TPSA) is 73.4 Å². The molecule has 2 N–H and O–H groups in total. The van der Waals surface area contributed by atoms with Gasteiger partial charge < -0.3 is 15.4 Å². The highest BCUT2D eigenvalue weighted by Crippen LogP contribution is 2.27. The molecule has 24 heavy (non-hydrogen) atoms. The molecule has 1 aromatic heterocycles. The number of rotatable bonds is 3. The van der Waals surface area contributed by atoms with Crippen LogP contribution in [0.15, 0.2) is 30.7 Å². The summed E-state index contributed by atoms with van der Waals surface area (Å²) in [6.45, 7) is 0. The van der Waals surface area contributed by atoms with Gasteiger partial charge in [0.15, 0.2) is 0 Å². The number of ether oxygens (including phenoxy) is 1. The van der Waals surface area contributed by atoms with E-state index in [4.69, 9.17) is 10.5 Å². The van der Waals surface area contributed by atoms with Crippen LogP contribution < -0.4 is 10.5 Å². The van der Waals surface area contributed by atoms with Gasteiger partial charge in [-0.2, -0.15) is 0 Å². The zero-order valence-corrected chi connectivity index (χ0v) is 14.2. The summed E-state index contributed by atoms with van der Waals surface area (Å²) in [7, 11) is 3.46. The fourth-order valence-corrected chi connectivity index (χ4v) is 3.28. The molecule has 1 aliphatic rings. The maximum absolute atomic E-state index is 12.7. The molecule has 1 aliphatic carbocycles. The largest absolute Gasteiger partial charge is 0.495 e. The average Bonchev–Trinajstić information content (AvgIpc) is 3.11. The van der Waals surface area contributed by atoms with Gasteiger partial charge in [-0.25, -0.2) is 9.78 Å². The summed E-state index contributed by atoms with van der Waals surface area (Å²) in [6.07, 6.45) is 9.15. The number of amides is 1. The van der Waals surface area contributed by atoms with Crippen molar-refractivity contribution in [2.24, 2.45) is 0 Å². The van der Waals surface area contributed by atoms with Crippen molar-refractivity contribution in [1.82, 2.24) is 14.5 Å². The number of aromatic nitrogens is 2. The Morgan fingerprint density at radius 1 is 1.33 bits per heavy atom. The van der Waals surface area contributed by atoms with Crippen LogP contribution in [0.4, 0.5) is 10.5 Å².